The van der Waals surface area contributed by atoms with Gasteiger partial charge in [-0.3, -0.25) is 0 Å². The van der Waals surface area contributed by atoms with Crippen molar-refractivity contribution in [3.05, 3.63) is 53.8 Å². The number of nitriles is 1. The van der Waals surface area contributed by atoms with E-state index < -0.39 is 15.7 Å². The molecule has 0 heterocycles. The van der Waals surface area contributed by atoms with E-state index >= 15 is 0 Å². The number of halogens is 1. The van der Waals surface area contributed by atoms with Gasteiger partial charge in [-0.1, -0.05) is 30.3 Å². The van der Waals surface area contributed by atoms with E-state index in [2.05, 4.69) is 0 Å². The van der Waals surface area contributed by atoms with Crippen LogP contribution >= 0.6 is 0 Å². The lowest BCUT2D eigenvalue weighted by atomic mass is 10.0. The maximum Gasteiger partial charge on any atom is 0.175 e. The van der Waals surface area contributed by atoms with Crippen molar-refractivity contribution in [2.24, 2.45) is 0 Å². The number of rotatable bonds is 3. The van der Waals surface area contributed by atoms with Crippen LogP contribution in [0.5, 0.6) is 0 Å². The molecule has 20 heavy (non-hydrogen) atoms. The first-order valence-electron chi connectivity index (χ1n) is 5.88. The highest BCUT2D eigenvalue weighted by molar-refractivity contribution is 7.90. The van der Waals surface area contributed by atoms with E-state index in [9.17, 15) is 12.8 Å². The Bertz CT molecular complexity index is 792. The first kappa shape index (κ1) is 14.2. The van der Waals surface area contributed by atoms with Crippen molar-refractivity contribution < 1.29 is 12.8 Å². The van der Waals surface area contributed by atoms with Crippen molar-refractivity contribution >= 4 is 9.84 Å². The zero-order valence-electron chi connectivity index (χ0n) is 10.8. The second-order valence-corrected chi connectivity index (χ2v) is 6.43. The molecular weight excluding hydrogens is 277 g/mol. The number of nitrogens with zero attached hydrogens (tertiary/aromatic N) is 1. The molecule has 0 atom stereocenters. The van der Waals surface area contributed by atoms with E-state index in [1.807, 2.05) is 6.07 Å². The summed E-state index contributed by atoms with van der Waals surface area (Å²) in [5, 5.41) is 8.66. The standard InChI is InChI=1S/C15H12FNO2S/c1-20(18,19)13-6-2-5-12(10-13)14-7-3-4-11(8-9-17)15(14)16/h2-7,10H,8H2,1H3. The van der Waals surface area contributed by atoms with Gasteiger partial charge in [0.25, 0.3) is 0 Å². The molecule has 0 spiro atoms. The summed E-state index contributed by atoms with van der Waals surface area (Å²) >= 11 is 0. The van der Waals surface area contributed by atoms with Crippen molar-refractivity contribution in [2.45, 2.75) is 11.3 Å². The van der Waals surface area contributed by atoms with Gasteiger partial charge in [0.2, 0.25) is 0 Å². The maximum absolute atomic E-state index is 14.3. The average Bonchev–Trinajstić information content (AvgIpc) is 2.41. The highest BCUT2D eigenvalue weighted by Gasteiger charge is 2.12. The van der Waals surface area contributed by atoms with Crippen LogP contribution in [0.3, 0.4) is 0 Å². The summed E-state index contributed by atoms with van der Waals surface area (Å²) in [6, 6.07) is 12.8. The third kappa shape index (κ3) is 2.86. The van der Waals surface area contributed by atoms with Crippen molar-refractivity contribution in [1.29, 1.82) is 5.26 Å². The lowest BCUT2D eigenvalue weighted by Crippen LogP contribution is -1.98. The molecule has 5 heteroatoms. The number of benzene rings is 2. The summed E-state index contributed by atoms with van der Waals surface area (Å²) < 4.78 is 37.3. The molecule has 0 aliphatic heterocycles. The third-order valence-corrected chi connectivity index (χ3v) is 4.03. The fourth-order valence-corrected chi connectivity index (χ4v) is 2.59. The molecule has 2 rings (SSSR count). The van der Waals surface area contributed by atoms with Crippen LogP contribution in [0.15, 0.2) is 47.4 Å². The summed E-state index contributed by atoms with van der Waals surface area (Å²) in [5.74, 6) is -0.486. The monoisotopic (exact) mass is 289 g/mol. The average molecular weight is 289 g/mol. The molecule has 0 saturated heterocycles. The van der Waals surface area contributed by atoms with Crippen molar-refractivity contribution in [2.75, 3.05) is 6.26 Å². The van der Waals surface area contributed by atoms with E-state index in [1.165, 1.54) is 12.1 Å². The van der Waals surface area contributed by atoms with Gasteiger partial charge in [0.05, 0.1) is 17.4 Å². The lowest BCUT2D eigenvalue weighted by molar-refractivity contribution is 0.601. The SMILES string of the molecule is CS(=O)(=O)c1cccc(-c2cccc(CC#N)c2F)c1. The Morgan fingerprint density at radius 1 is 1.20 bits per heavy atom. The molecule has 0 saturated carbocycles. The smallest absolute Gasteiger partial charge is 0.175 e. The predicted molar refractivity (Wildman–Crippen MR) is 74.3 cm³/mol. The molecule has 2 aromatic carbocycles. The van der Waals surface area contributed by atoms with Gasteiger partial charge in [0.15, 0.2) is 9.84 Å². The molecule has 0 aliphatic rings. The molecule has 102 valence electrons. The molecule has 0 unspecified atom stereocenters. The van der Waals surface area contributed by atoms with E-state index in [-0.39, 0.29) is 11.3 Å². The quantitative estimate of drug-likeness (QED) is 0.872. The van der Waals surface area contributed by atoms with Crippen LogP contribution in [0, 0.1) is 17.1 Å². The van der Waals surface area contributed by atoms with Crippen LogP contribution in [0.25, 0.3) is 11.1 Å². The van der Waals surface area contributed by atoms with Crippen molar-refractivity contribution in [3.63, 3.8) is 0 Å². The van der Waals surface area contributed by atoms with Crippen molar-refractivity contribution in [3.8, 4) is 17.2 Å². The summed E-state index contributed by atoms with van der Waals surface area (Å²) in [6.07, 6.45) is 1.08. The minimum atomic E-state index is -3.34. The highest BCUT2D eigenvalue weighted by Crippen LogP contribution is 2.27. The second kappa shape index (κ2) is 5.43. The highest BCUT2D eigenvalue weighted by atomic mass is 32.2. The fraction of sp³-hybridized carbons (Fsp3) is 0.133. The van der Waals surface area contributed by atoms with Crippen LogP contribution in [0.4, 0.5) is 4.39 Å². The van der Waals surface area contributed by atoms with E-state index in [0.29, 0.717) is 16.7 Å². The van der Waals surface area contributed by atoms with Gasteiger partial charge in [-0.15, -0.1) is 0 Å². The molecule has 0 amide bonds. The number of sulfone groups is 1. The van der Waals surface area contributed by atoms with Gasteiger partial charge in [0.1, 0.15) is 5.82 Å². The molecule has 2 aromatic rings. The Labute approximate surface area is 117 Å². The van der Waals surface area contributed by atoms with Crippen LogP contribution < -0.4 is 0 Å². The molecule has 0 aromatic heterocycles. The second-order valence-electron chi connectivity index (χ2n) is 4.41. The summed E-state index contributed by atoms with van der Waals surface area (Å²) in [4.78, 5) is 0.139. The predicted octanol–water partition coefficient (Wildman–Crippen LogP) is 2.96. The number of hydrogen-bond donors (Lipinski definition) is 0. The zero-order chi connectivity index (χ0) is 14.8. The molecule has 0 fully saturated rings. The molecule has 3 nitrogen and oxygen atoms in total. The largest absolute Gasteiger partial charge is 0.224 e. The maximum atomic E-state index is 14.3. The van der Waals surface area contributed by atoms with Gasteiger partial charge < -0.3 is 0 Å². The van der Waals surface area contributed by atoms with Crippen LogP contribution in [-0.2, 0) is 16.3 Å². The number of hydrogen-bond acceptors (Lipinski definition) is 3. The Balaban J connectivity index is 2.58. The molecule has 0 bridgehead atoms. The first-order valence-corrected chi connectivity index (χ1v) is 7.77. The zero-order valence-corrected chi connectivity index (χ0v) is 11.6. The van der Waals surface area contributed by atoms with Crippen LogP contribution in [0.2, 0.25) is 0 Å². The minimum absolute atomic E-state index is 0.0224. The normalized spacial score (nSPS) is 11.1. The van der Waals surface area contributed by atoms with Crippen LogP contribution in [-0.4, -0.2) is 14.7 Å². The minimum Gasteiger partial charge on any atom is -0.224 e. The summed E-state index contributed by atoms with van der Waals surface area (Å²) in [5.41, 5.74) is 1.07. The Kier molecular flexibility index (Phi) is 3.86. The lowest BCUT2D eigenvalue weighted by Gasteiger charge is -2.08. The topological polar surface area (TPSA) is 57.9 Å². The van der Waals surface area contributed by atoms with E-state index in [4.69, 9.17) is 5.26 Å². The first-order chi connectivity index (χ1) is 9.43. The van der Waals surface area contributed by atoms with Gasteiger partial charge in [-0.05, 0) is 17.7 Å². The molecule has 0 aliphatic carbocycles. The summed E-state index contributed by atoms with van der Waals surface area (Å²) in [7, 11) is -3.34. The Hall–Kier alpha value is -2.19. The third-order valence-electron chi connectivity index (χ3n) is 2.92. The van der Waals surface area contributed by atoms with Gasteiger partial charge in [0, 0.05) is 17.4 Å². The van der Waals surface area contributed by atoms with Gasteiger partial charge in [-0.2, -0.15) is 5.26 Å². The van der Waals surface area contributed by atoms with Crippen molar-refractivity contribution in [1.82, 2.24) is 0 Å². The summed E-state index contributed by atoms with van der Waals surface area (Å²) in [6.45, 7) is 0. The Morgan fingerprint density at radius 2 is 1.90 bits per heavy atom. The van der Waals surface area contributed by atoms with Gasteiger partial charge >= 0.3 is 0 Å². The van der Waals surface area contributed by atoms with Crippen LogP contribution in [0.1, 0.15) is 5.56 Å². The van der Waals surface area contributed by atoms with Gasteiger partial charge in [-0.25, -0.2) is 12.8 Å². The molecule has 0 radical (unpaired) electrons. The molecular formula is C15H12FNO2S. The van der Waals surface area contributed by atoms with E-state index in [1.54, 1.807) is 30.3 Å². The Morgan fingerprint density at radius 3 is 2.55 bits per heavy atom. The molecule has 0 N–H and O–H groups in total. The fourth-order valence-electron chi connectivity index (χ4n) is 1.92. The van der Waals surface area contributed by atoms with E-state index in [0.717, 1.165) is 6.26 Å².